The van der Waals surface area contributed by atoms with Gasteiger partial charge in [-0.1, -0.05) is 0 Å². The highest BCUT2D eigenvalue weighted by molar-refractivity contribution is 5.54. The molecule has 0 aromatic carbocycles. The largest absolute Gasteiger partial charge is 0.383 e. The van der Waals surface area contributed by atoms with Crippen molar-refractivity contribution in [3.05, 3.63) is 40.5 Å². The van der Waals surface area contributed by atoms with Crippen LogP contribution in [0.15, 0.2) is 24.5 Å². The molecule has 0 amide bonds. The average Bonchev–Trinajstić information content (AvgIpc) is 2.85. The lowest BCUT2D eigenvalue weighted by molar-refractivity contribution is -0.384. The lowest BCUT2D eigenvalue weighted by atomic mass is 10.3. The Kier molecular flexibility index (Phi) is 2.55. The van der Waals surface area contributed by atoms with E-state index in [0.717, 1.165) is 18.9 Å². The number of rotatable bonds is 2. The molecule has 0 spiro atoms. The van der Waals surface area contributed by atoms with Gasteiger partial charge in [-0.15, -0.1) is 0 Å². The first-order valence-corrected chi connectivity index (χ1v) is 5.80. The summed E-state index contributed by atoms with van der Waals surface area (Å²) in [7, 11) is 0. The Hall–Kier alpha value is -2.64. The zero-order valence-corrected chi connectivity index (χ0v) is 10.1. The summed E-state index contributed by atoms with van der Waals surface area (Å²) < 4.78 is 2.05. The van der Waals surface area contributed by atoms with E-state index in [2.05, 4.69) is 14.5 Å². The summed E-state index contributed by atoms with van der Waals surface area (Å²) in [4.78, 5) is 20.7. The Morgan fingerprint density at radius 1 is 1.37 bits per heavy atom. The Morgan fingerprint density at radius 2 is 2.21 bits per heavy atom. The van der Waals surface area contributed by atoms with Gasteiger partial charge in [0, 0.05) is 25.5 Å². The maximum Gasteiger partial charge on any atom is 0.276 e. The third-order valence-electron chi connectivity index (χ3n) is 3.10. The molecule has 0 fully saturated rings. The van der Waals surface area contributed by atoms with Gasteiger partial charge in [-0.25, -0.2) is 9.97 Å². The number of anilines is 2. The molecule has 0 aliphatic carbocycles. The van der Waals surface area contributed by atoms with Crippen molar-refractivity contribution in [3.8, 4) is 0 Å². The molecule has 0 radical (unpaired) electrons. The van der Waals surface area contributed by atoms with Crippen LogP contribution in [0.3, 0.4) is 0 Å². The van der Waals surface area contributed by atoms with Gasteiger partial charge in [0.1, 0.15) is 17.5 Å². The number of nitrogen functional groups attached to an aromatic ring is 1. The van der Waals surface area contributed by atoms with Gasteiger partial charge in [-0.2, -0.15) is 0 Å². The summed E-state index contributed by atoms with van der Waals surface area (Å²) in [6.07, 6.45) is 3.66. The first-order chi connectivity index (χ1) is 9.13. The van der Waals surface area contributed by atoms with Crippen LogP contribution in [0.2, 0.25) is 0 Å². The van der Waals surface area contributed by atoms with Crippen molar-refractivity contribution in [1.82, 2.24) is 14.5 Å². The van der Waals surface area contributed by atoms with E-state index in [9.17, 15) is 10.1 Å². The number of nitrogens with two attached hydrogens (primary N) is 1. The van der Waals surface area contributed by atoms with Crippen molar-refractivity contribution in [2.75, 3.05) is 17.2 Å². The summed E-state index contributed by atoms with van der Waals surface area (Å²) in [6.45, 7) is 2.07. The predicted octanol–water partition coefficient (Wildman–Crippen LogP) is 0.789. The van der Waals surface area contributed by atoms with E-state index in [0.29, 0.717) is 12.4 Å². The molecule has 3 rings (SSSR count). The zero-order valence-electron chi connectivity index (χ0n) is 10.1. The monoisotopic (exact) mass is 260 g/mol. The molecule has 19 heavy (non-hydrogen) atoms. The van der Waals surface area contributed by atoms with E-state index in [4.69, 9.17) is 5.73 Å². The lowest BCUT2D eigenvalue weighted by Gasteiger charge is -2.28. The molecule has 1 aliphatic rings. The second-order valence-corrected chi connectivity index (χ2v) is 4.32. The van der Waals surface area contributed by atoms with E-state index in [1.807, 2.05) is 11.1 Å². The summed E-state index contributed by atoms with van der Waals surface area (Å²) >= 11 is 0. The first kappa shape index (κ1) is 11.5. The summed E-state index contributed by atoms with van der Waals surface area (Å²) in [5.41, 5.74) is 5.57. The van der Waals surface area contributed by atoms with Crippen molar-refractivity contribution in [1.29, 1.82) is 0 Å². The Labute approximate surface area is 108 Å². The molecule has 2 N–H and O–H groups in total. The topological polar surface area (TPSA) is 103 Å². The Bertz CT molecular complexity index is 638. The van der Waals surface area contributed by atoms with Crippen LogP contribution in [0.25, 0.3) is 0 Å². The fourth-order valence-corrected chi connectivity index (χ4v) is 2.16. The van der Waals surface area contributed by atoms with Gasteiger partial charge in [0.15, 0.2) is 0 Å². The third kappa shape index (κ3) is 2.07. The zero-order chi connectivity index (χ0) is 13.4. The van der Waals surface area contributed by atoms with Crippen molar-refractivity contribution < 1.29 is 4.92 Å². The van der Waals surface area contributed by atoms with Crippen molar-refractivity contribution >= 4 is 17.3 Å². The van der Waals surface area contributed by atoms with Crippen LogP contribution in [-0.2, 0) is 13.1 Å². The van der Waals surface area contributed by atoms with Crippen LogP contribution in [0.4, 0.5) is 17.3 Å². The molecule has 0 unspecified atom stereocenters. The number of fused-ring (bicyclic) bond motifs is 1. The number of imidazole rings is 1. The quantitative estimate of drug-likeness (QED) is 0.632. The van der Waals surface area contributed by atoms with Gasteiger partial charge in [0.25, 0.3) is 5.69 Å². The minimum Gasteiger partial charge on any atom is -0.383 e. The number of aromatic nitrogens is 3. The molecule has 0 bridgehead atoms. The summed E-state index contributed by atoms with van der Waals surface area (Å²) in [5, 5.41) is 10.8. The summed E-state index contributed by atoms with van der Waals surface area (Å²) in [5.74, 6) is 1.58. The minimum atomic E-state index is -0.466. The highest BCUT2D eigenvalue weighted by atomic mass is 16.6. The van der Waals surface area contributed by atoms with E-state index >= 15 is 0 Å². The highest BCUT2D eigenvalue weighted by Crippen LogP contribution is 2.24. The van der Waals surface area contributed by atoms with Gasteiger partial charge in [0.2, 0.25) is 0 Å². The van der Waals surface area contributed by atoms with Gasteiger partial charge in [-0.05, 0) is 0 Å². The summed E-state index contributed by atoms with van der Waals surface area (Å²) in [6, 6.07) is 2.70. The fourth-order valence-electron chi connectivity index (χ4n) is 2.16. The van der Waals surface area contributed by atoms with Crippen LogP contribution < -0.4 is 10.6 Å². The van der Waals surface area contributed by atoms with Crippen molar-refractivity contribution in [2.45, 2.75) is 13.1 Å². The molecule has 0 atom stereocenters. The normalized spacial score (nSPS) is 14.2. The van der Waals surface area contributed by atoms with Crippen molar-refractivity contribution in [3.63, 3.8) is 0 Å². The molecule has 2 aromatic rings. The highest BCUT2D eigenvalue weighted by Gasteiger charge is 2.20. The third-order valence-corrected chi connectivity index (χ3v) is 3.10. The second kappa shape index (κ2) is 4.23. The van der Waals surface area contributed by atoms with Gasteiger partial charge >= 0.3 is 0 Å². The van der Waals surface area contributed by atoms with E-state index < -0.39 is 4.92 Å². The lowest BCUT2D eigenvalue weighted by Crippen LogP contribution is -2.34. The van der Waals surface area contributed by atoms with Crippen LogP contribution >= 0.6 is 0 Å². The number of hydrogen-bond acceptors (Lipinski definition) is 6. The molecule has 2 aromatic heterocycles. The van der Waals surface area contributed by atoms with E-state index in [-0.39, 0.29) is 11.5 Å². The first-order valence-electron chi connectivity index (χ1n) is 5.80. The molecule has 1 aliphatic heterocycles. The van der Waals surface area contributed by atoms with E-state index in [1.165, 1.54) is 12.1 Å². The van der Waals surface area contributed by atoms with Crippen LogP contribution in [-0.4, -0.2) is 26.0 Å². The molecular formula is C11H12N6O2. The molecule has 3 heterocycles. The fraction of sp³-hybridized carbons (Fsp3) is 0.273. The molecule has 8 nitrogen and oxygen atoms in total. The van der Waals surface area contributed by atoms with Crippen molar-refractivity contribution in [2.24, 2.45) is 0 Å². The second-order valence-electron chi connectivity index (χ2n) is 4.32. The van der Waals surface area contributed by atoms with Gasteiger partial charge in [-0.3, -0.25) is 10.1 Å². The molecule has 0 saturated heterocycles. The SMILES string of the molecule is Nc1cc([N+](=O)[O-])cc(N2CCn3ccnc3C2)n1. The number of nitro groups is 1. The molecule has 98 valence electrons. The van der Waals surface area contributed by atoms with Gasteiger partial charge < -0.3 is 15.2 Å². The van der Waals surface area contributed by atoms with E-state index in [1.54, 1.807) is 6.20 Å². The maximum absolute atomic E-state index is 10.8. The Morgan fingerprint density at radius 3 is 3.00 bits per heavy atom. The minimum absolute atomic E-state index is 0.0450. The van der Waals surface area contributed by atoms with Crippen LogP contribution in [0.5, 0.6) is 0 Å². The molecule has 8 heteroatoms. The molecule has 0 saturated carbocycles. The van der Waals surface area contributed by atoms with Crippen LogP contribution in [0, 0.1) is 10.1 Å². The Balaban J connectivity index is 1.93. The predicted molar refractivity (Wildman–Crippen MR) is 68.6 cm³/mol. The standard InChI is InChI=1S/C11H12N6O2/c12-9-5-8(17(18)19)6-10(14-9)16-4-3-15-2-1-13-11(15)7-16/h1-2,5-6H,3-4,7H2,(H2,12,14). The molecular weight excluding hydrogens is 248 g/mol. The maximum atomic E-state index is 10.8. The number of nitrogens with zero attached hydrogens (tertiary/aromatic N) is 5. The average molecular weight is 260 g/mol. The number of hydrogen-bond donors (Lipinski definition) is 1. The van der Waals surface area contributed by atoms with Gasteiger partial charge in [0.05, 0.1) is 23.6 Å². The number of pyridine rings is 1. The van der Waals surface area contributed by atoms with Crippen LogP contribution in [0.1, 0.15) is 5.82 Å². The smallest absolute Gasteiger partial charge is 0.276 e.